The van der Waals surface area contributed by atoms with E-state index in [1.807, 2.05) is 0 Å². The van der Waals surface area contributed by atoms with Crippen molar-refractivity contribution < 1.29 is 18.0 Å². The topological polar surface area (TPSA) is 47.3 Å². The molecule has 2 aromatic rings. The lowest BCUT2D eigenvalue weighted by Crippen LogP contribution is -2.18. The van der Waals surface area contributed by atoms with E-state index in [0.29, 0.717) is 31.0 Å². The van der Waals surface area contributed by atoms with Gasteiger partial charge in [-0.2, -0.15) is 0 Å². The summed E-state index contributed by atoms with van der Waals surface area (Å²) in [6, 6.07) is 3.34. The van der Waals surface area contributed by atoms with E-state index in [1.165, 1.54) is 18.3 Å². The van der Waals surface area contributed by atoms with Crippen LogP contribution in [0.2, 0.25) is 0 Å². The fraction of sp³-hybridized carbons (Fsp3) is 0.308. The van der Waals surface area contributed by atoms with Crippen molar-refractivity contribution in [3.05, 3.63) is 41.6 Å². The van der Waals surface area contributed by atoms with Gasteiger partial charge in [0, 0.05) is 31.8 Å². The van der Waals surface area contributed by atoms with Crippen LogP contribution in [0, 0.1) is 11.6 Å². The second-order valence-corrected chi connectivity index (χ2v) is 3.97. The Morgan fingerprint density at radius 2 is 2.21 bits per heavy atom. The molecule has 0 aliphatic rings. The van der Waals surface area contributed by atoms with Crippen LogP contribution in [0.15, 0.2) is 28.9 Å². The molecule has 0 aliphatic carbocycles. The number of hydrogen-bond acceptors (Lipinski definition) is 4. The van der Waals surface area contributed by atoms with Gasteiger partial charge in [-0.25, -0.2) is 8.78 Å². The van der Waals surface area contributed by atoms with E-state index in [4.69, 9.17) is 9.26 Å². The lowest BCUT2D eigenvalue weighted by Gasteiger charge is -2.04. The Bertz CT molecular complexity index is 543. The zero-order valence-corrected chi connectivity index (χ0v) is 10.5. The van der Waals surface area contributed by atoms with E-state index in [-0.39, 0.29) is 5.56 Å². The van der Waals surface area contributed by atoms with Gasteiger partial charge in [0.05, 0.1) is 18.4 Å². The van der Waals surface area contributed by atoms with Crippen molar-refractivity contribution in [3.63, 3.8) is 0 Å². The van der Waals surface area contributed by atoms with E-state index in [1.54, 1.807) is 7.11 Å². The molecule has 1 heterocycles. The highest BCUT2D eigenvalue weighted by atomic mass is 19.1. The van der Waals surface area contributed by atoms with Crippen molar-refractivity contribution in [1.29, 1.82) is 0 Å². The molecule has 1 aromatic carbocycles. The average molecular weight is 268 g/mol. The molecule has 2 rings (SSSR count). The third-order valence-corrected chi connectivity index (χ3v) is 2.62. The minimum absolute atomic E-state index is 0.197. The summed E-state index contributed by atoms with van der Waals surface area (Å²) in [5.74, 6) is -0.988. The van der Waals surface area contributed by atoms with Crippen molar-refractivity contribution in [3.8, 4) is 11.3 Å². The van der Waals surface area contributed by atoms with Gasteiger partial charge in [0.1, 0.15) is 11.6 Å². The average Bonchev–Trinajstić information content (AvgIpc) is 2.83. The number of rotatable bonds is 6. The van der Waals surface area contributed by atoms with Crippen LogP contribution in [0.3, 0.4) is 0 Å². The fourth-order valence-corrected chi connectivity index (χ4v) is 1.68. The number of halogens is 2. The predicted octanol–water partition coefficient (Wildman–Crippen LogP) is 2.36. The first-order valence-electron chi connectivity index (χ1n) is 5.81. The van der Waals surface area contributed by atoms with Crippen LogP contribution in [0.25, 0.3) is 11.3 Å². The number of benzene rings is 1. The molecule has 0 saturated heterocycles. The summed E-state index contributed by atoms with van der Waals surface area (Å²) in [6.07, 6.45) is 1.51. The summed E-state index contributed by atoms with van der Waals surface area (Å²) < 4.78 is 36.5. The van der Waals surface area contributed by atoms with Crippen molar-refractivity contribution >= 4 is 0 Å². The van der Waals surface area contributed by atoms with Crippen LogP contribution in [-0.4, -0.2) is 25.4 Å². The normalized spacial score (nSPS) is 10.9. The largest absolute Gasteiger partial charge is 0.383 e. The highest BCUT2D eigenvalue weighted by Gasteiger charge is 2.15. The van der Waals surface area contributed by atoms with Crippen LogP contribution in [0.4, 0.5) is 8.78 Å². The smallest absolute Gasteiger partial charge is 0.174 e. The zero-order valence-electron chi connectivity index (χ0n) is 10.5. The van der Waals surface area contributed by atoms with Gasteiger partial charge >= 0.3 is 0 Å². The van der Waals surface area contributed by atoms with Gasteiger partial charge in [0.25, 0.3) is 0 Å². The molecule has 0 aliphatic heterocycles. The van der Waals surface area contributed by atoms with Gasteiger partial charge in [-0.15, -0.1) is 0 Å². The van der Waals surface area contributed by atoms with Gasteiger partial charge < -0.3 is 14.6 Å². The van der Waals surface area contributed by atoms with Gasteiger partial charge in [0.15, 0.2) is 5.76 Å². The maximum Gasteiger partial charge on any atom is 0.174 e. The standard InChI is InChI=1S/C13H14F2N2O2/c1-18-5-4-16-7-9-8-17-19-13(9)11-3-2-10(14)6-12(11)15/h2-3,6,8,16H,4-5,7H2,1H3. The molecule has 0 atom stereocenters. The van der Waals surface area contributed by atoms with Crippen molar-refractivity contribution in [2.45, 2.75) is 6.54 Å². The van der Waals surface area contributed by atoms with E-state index in [9.17, 15) is 8.78 Å². The maximum atomic E-state index is 13.7. The first kappa shape index (κ1) is 13.6. The number of hydrogen-bond donors (Lipinski definition) is 1. The fourth-order valence-electron chi connectivity index (χ4n) is 1.68. The summed E-state index contributed by atoms with van der Waals surface area (Å²) in [5, 5.41) is 6.76. The second kappa shape index (κ2) is 6.40. The number of aromatic nitrogens is 1. The molecular weight excluding hydrogens is 254 g/mol. The molecular formula is C13H14F2N2O2. The summed E-state index contributed by atoms with van der Waals surface area (Å²) in [5.41, 5.74) is 0.907. The van der Waals surface area contributed by atoms with E-state index in [0.717, 1.165) is 6.07 Å². The summed E-state index contributed by atoms with van der Waals surface area (Å²) in [7, 11) is 1.61. The quantitative estimate of drug-likeness (QED) is 0.817. The number of nitrogens with one attached hydrogen (secondary N) is 1. The van der Waals surface area contributed by atoms with Crippen LogP contribution in [0.5, 0.6) is 0 Å². The molecule has 19 heavy (non-hydrogen) atoms. The Morgan fingerprint density at radius 1 is 1.37 bits per heavy atom. The maximum absolute atomic E-state index is 13.7. The lowest BCUT2D eigenvalue weighted by atomic mass is 10.1. The molecule has 0 radical (unpaired) electrons. The number of ether oxygens (including phenoxy) is 1. The molecule has 102 valence electrons. The highest BCUT2D eigenvalue weighted by molar-refractivity contribution is 5.61. The zero-order chi connectivity index (χ0) is 13.7. The van der Waals surface area contributed by atoms with Crippen molar-refractivity contribution in [2.24, 2.45) is 0 Å². The lowest BCUT2D eigenvalue weighted by molar-refractivity contribution is 0.199. The summed E-state index contributed by atoms with van der Waals surface area (Å²) >= 11 is 0. The van der Waals surface area contributed by atoms with Crippen molar-refractivity contribution in [1.82, 2.24) is 10.5 Å². The first-order valence-corrected chi connectivity index (χ1v) is 5.81. The van der Waals surface area contributed by atoms with Crippen LogP contribution >= 0.6 is 0 Å². The molecule has 0 fully saturated rings. The minimum atomic E-state index is -0.671. The van der Waals surface area contributed by atoms with Crippen LogP contribution < -0.4 is 5.32 Å². The van der Waals surface area contributed by atoms with Crippen LogP contribution in [-0.2, 0) is 11.3 Å². The van der Waals surface area contributed by atoms with Gasteiger partial charge in [0.2, 0.25) is 0 Å². The SMILES string of the molecule is COCCNCc1cnoc1-c1ccc(F)cc1F. The Hall–Kier alpha value is -1.79. The second-order valence-electron chi connectivity index (χ2n) is 3.97. The molecule has 0 spiro atoms. The molecule has 0 amide bonds. The molecule has 0 saturated carbocycles. The van der Waals surface area contributed by atoms with E-state index >= 15 is 0 Å². The monoisotopic (exact) mass is 268 g/mol. The van der Waals surface area contributed by atoms with Gasteiger partial charge in [-0.1, -0.05) is 5.16 Å². The Balaban J connectivity index is 2.14. The Labute approximate surface area is 109 Å². The molecule has 1 N–H and O–H groups in total. The number of nitrogens with zero attached hydrogens (tertiary/aromatic N) is 1. The molecule has 6 heteroatoms. The molecule has 0 unspecified atom stereocenters. The summed E-state index contributed by atoms with van der Waals surface area (Å²) in [4.78, 5) is 0. The Kier molecular flexibility index (Phi) is 4.59. The third-order valence-electron chi connectivity index (χ3n) is 2.62. The molecule has 0 bridgehead atoms. The highest BCUT2D eigenvalue weighted by Crippen LogP contribution is 2.26. The molecule has 4 nitrogen and oxygen atoms in total. The van der Waals surface area contributed by atoms with Crippen molar-refractivity contribution in [2.75, 3.05) is 20.3 Å². The van der Waals surface area contributed by atoms with E-state index in [2.05, 4.69) is 10.5 Å². The third kappa shape index (κ3) is 3.36. The van der Waals surface area contributed by atoms with Gasteiger partial charge in [-0.3, -0.25) is 0 Å². The molecule has 1 aromatic heterocycles. The van der Waals surface area contributed by atoms with Crippen LogP contribution in [0.1, 0.15) is 5.56 Å². The van der Waals surface area contributed by atoms with E-state index < -0.39 is 11.6 Å². The predicted molar refractivity (Wildman–Crippen MR) is 65.4 cm³/mol. The number of methoxy groups -OCH3 is 1. The first-order chi connectivity index (χ1) is 9.22. The Morgan fingerprint density at radius 3 is 2.95 bits per heavy atom. The van der Waals surface area contributed by atoms with Gasteiger partial charge in [-0.05, 0) is 12.1 Å². The summed E-state index contributed by atoms with van der Waals surface area (Å²) in [6.45, 7) is 1.71. The minimum Gasteiger partial charge on any atom is -0.383 e.